The molecule has 152 valence electrons. The third-order valence-electron chi connectivity index (χ3n) is 5.09. The maximum Gasteiger partial charge on any atom is 0.325 e. The lowest BCUT2D eigenvalue weighted by atomic mass is 10.1. The summed E-state index contributed by atoms with van der Waals surface area (Å²) in [6.45, 7) is 1.68. The van der Waals surface area contributed by atoms with Crippen LogP contribution in [0.2, 0.25) is 0 Å². The van der Waals surface area contributed by atoms with Gasteiger partial charge in [-0.05, 0) is 43.7 Å². The van der Waals surface area contributed by atoms with Gasteiger partial charge in [-0.1, -0.05) is 60.7 Å². The first-order valence-electron chi connectivity index (χ1n) is 10.0. The number of carbonyl (C=O) groups excluding carboxylic acids is 3. The molecule has 0 aromatic heterocycles. The van der Waals surface area contributed by atoms with Crippen LogP contribution in [-0.4, -0.2) is 41.4 Å². The highest BCUT2D eigenvalue weighted by Gasteiger charge is 2.38. The van der Waals surface area contributed by atoms with Gasteiger partial charge in [0.05, 0.1) is 0 Å². The summed E-state index contributed by atoms with van der Waals surface area (Å²) in [7, 11) is 0. The molecule has 6 heteroatoms. The summed E-state index contributed by atoms with van der Waals surface area (Å²) >= 11 is 0. The van der Waals surface area contributed by atoms with E-state index < -0.39 is 12.1 Å². The molecule has 1 aliphatic rings. The second-order valence-corrected chi connectivity index (χ2v) is 7.44. The average Bonchev–Trinajstić information content (AvgIpc) is 3.00. The molecular weight excluding hydrogens is 366 g/mol. The van der Waals surface area contributed by atoms with E-state index in [1.165, 1.54) is 5.56 Å². The van der Waals surface area contributed by atoms with Gasteiger partial charge in [0.25, 0.3) is 5.91 Å². The van der Waals surface area contributed by atoms with Gasteiger partial charge in [0.1, 0.15) is 12.6 Å². The van der Waals surface area contributed by atoms with E-state index in [1.54, 1.807) is 0 Å². The van der Waals surface area contributed by atoms with Crippen molar-refractivity contribution in [3.63, 3.8) is 0 Å². The second kappa shape index (κ2) is 9.87. The first kappa shape index (κ1) is 20.6. The third kappa shape index (κ3) is 5.91. The Labute approximate surface area is 171 Å². The zero-order valence-electron chi connectivity index (χ0n) is 16.6. The van der Waals surface area contributed by atoms with Crippen LogP contribution in [0.3, 0.4) is 0 Å². The number of aryl methyl sites for hydroxylation is 2. The van der Waals surface area contributed by atoms with Crippen LogP contribution < -0.4 is 10.6 Å². The number of hydrogen-bond donors (Lipinski definition) is 2. The number of nitrogens with zero attached hydrogens (tertiary/aromatic N) is 1. The standard InChI is InChI=1S/C23H27N3O3/c1-17(12-13-18-8-4-2-5-9-18)24-21(27)16-26-22(28)20(25-23(26)29)15-14-19-10-6-3-7-11-19/h2-11,17,20H,12-16H2,1H3,(H,24,27)(H,25,29)/t17-,20+/m0/s1. The van der Waals surface area contributed by atoms with Crippen molar-refractivity contribution in [1.82, 2.24) is 15.5 Å². The summed E-state index contributed by atoms with van der Waals surface area (Å²) in [4.78, 5) is 38.0. The molecule has 1 heterocycles. The molecular formula is C23H27N3O3. The molecule has 0 bridgehead atoms. The minimum atomic E-state index is -0.578. The van der Waals surface area contributed by atoms with E-state index in [-0.39, 0.29) is 24.4 Å². The molecule has 4 amide bonds. The van der Waals surface area contributed by atoms with Crippen molar-refractivity contribution >= 4 is 17.8 Å². The smallest absolute Gasteiger partial charge is 0.325 e. The Bertz CT molecular complexity index is 839. The zero-order chi connectivity index (χ0) is 20.6. The van der Waals surface area contributed by atoms with E-state index in [2.05, 4.69) is 22.8 Å². The van der Waals surface area contributed by atoms with Crippen LogP contribution in [0.1, 0.15) is 30.9 Å². The molecule has 29 heavy (non-hydrogen) atoms. The van der Waals surface area contributed by atoms with Gasteiger partial charge < -0.3 is 10.6 Å². The van der Waals surface area contributed by atoms with E-state index in [0.717, 1.165) is 23.3 Å². The van der Waals surface area contributed by atoms with Crippen LogP contribution in [-0.2, 0) is 22.4 Å². The molecule has 0 spiro atoms. The molecule has 2 aromatic rings. The summed E-state index contributed by atoms with van der Waals surface area (Å²) in [5.74, 6) is -0.657. The van der Waals surface area contributed by atoms with Crippen LogP contribution in [0.25, 0.3) is 0 Å². The van der Waals surface area contributed by atoms with Crippen molar-refractivity contribution in [3.8, 4) is 0 Å². The van der Waals surface area contributed by atoms with Crippen molar-refractivity contribution in [3.05, 3.63) is 71.8 Å². The molecule has 3 rings (SSSR count). The summed E-state index contributed by atoms with van der Waals surface area (Å²) in [6, 6.07) is 18.7. The predicted octanol–water partition coefficient (Wildman–Crippen LogP) is 2.68. The van der Waals surface area contributed by atoms with Crippen LogP contribution in [0.15, 0.2) is 60.7 Å². The summed E-state index contributed by atoms with van der Waals surface area (Å²) in [6.07, 6.45) is 2.84. The van der Waals surface area contributed by atoms with E-state index in [1.807, 2.05) is 55.5 Å². The Balaban J connectivity index is 1.44. The van der Waals surface area contributed by atoms with Crippen molar-refractivity contribution in [2.24, 2.45) is 0 Å². The van der Waals surface area contributed by atoms with Crippen LogP contribution >= 0.6 is 0 Å². The van der Waals surface area contributed by atoms with Crippen LogP contribution in [0.4, 0.5) is 4.79 Å². The van der Waals surface area contributed by atoms with Crippen LogP contribution in [0.5, 0.6) is 0 Å². The highest BCUT2D eigenvalue weighted by molar-refractivity contribution is 6.06. The number of imide groups is 1. The lowest BCUT2D eigenvalue weighted by Crippen LogP contribution is -2.44. The van der Waals surface area contributed by atoms with Crippen molar-refractivity contribution in [2.75, 3.05) is 6.54 Å². The molecule has 1 aliphatic heterocycles. The monoisotopic (exact) mass is 393 g/mol. The lowest BCUT2D eigenvalue weighted by molar-refractivity contribution is -0.132. The zero-order valence-corrected chi connectivity index (χ0v) is 16.6. The van der Waals surface area contributed by atoms with Gasteiger partial charge in [-0.2, -0.15) is 0 Å². The van der Waals surface area contributed by atoms with Crippen molar-refractivity contribution in [1.29, 1.82) is 0 Å². The Kier molecular flexibility index (Phi) is 7.00. The molecule has 6 nitrogen and oxygen atoms in total. The largest absolute Gasteiger partial charge is 0.352 e. The highest BCUT2D eigenvalue weighted by Crippen LogP contribution is 2.13. The van der Waals surface area contributed by atoms with E-state index >= 15 is 0 Å². The van der Waals surface area contributed by atoms with Gasteiger partial charge in [0.2, 0.25) is 5.91 Å². The quantitative estimate of drug-likeness (QED) is 0.643. The number of amides is 4. The van der Waals surface area contributed by atoms with E-state index in [9.17, 15) is 14.4 Å². The first-order valence-corrected chi connectivity index (χ1v) is 10.0. The molecule has 0 saturated carbocycles. The fourth-order valence-electron chi connectivity index (χ4n) is 3.44. The highest BCUT2D eigenvalue weighted by atomic mass is 16.2. The molecule has 2 N–H and O–H groups in total. The van der Waals surface area contributed by atoms with E-state index in [4.69, 9.17) is 0 Å². The second-order valence-electron chi connectivity index (χ2n) is 7.44. The average molecular weight is 393 g/mol. The van der Waals surface area contributed by atoms with Gasteiger partial charge in [0, 0.05) is 6.04 Å². The van der Waals surface area contributed by atoms with E-state index in [0.29, 0.717) is 12.8 Å². The van der Waals surface area contributed by atoms with Crippen molar-refractivity contribution < 1.29 is 14.4 Å². The minimum Gasteiger partial charge on any atom is -0.352 e. The Morgan fingerprint density at radius 3 is 2.21 bits per heavy atom. The maximum absolute atomic E-state index is 12.5. The molecule has 2 atom stereocenters. The normalized spacial score (nSPS) is 17.1. The topological polar surface area (TPSA) is 78.5 Å². The fraction of sp³-hybridized carbons (Fsp3) is 0.348. The lowest BCUT2D eigenvalue weighted by Gasteiger charge is -2.17. The van der Waals surface area contributed by atoms with Gasteiger partial charge in [-0.3, -0.25) is 14.5 Å². The number of benzene rings is 2. The van der Waals surface area contributed by atoms with Gasteiger partial charge in [-0.25, -0.2) is 4.79 Å². The van der Waals surface area contributed by atoms with Crippen molar-refractivity contribution in [2.45, 2.75) is 44.7 Å². The predicted molar refractivity (Wildman–Crippen MR) is 111 cm³/mol. The summed E-state index contributed by atoms with van der Waals surface area (Å²) < 4.78 is 0. The molecule has 0 aliphatic carbocycles. The molecule has 0 radical (unpaired) electrons. The molecule has 1 fully saturated rings. The number of nitrogens with one attached hydrogen (secondary N) is 2. The van der Waals surface area contributed by atoms with Gasteiger partial charge in [0.15, 0.2) is 0 Å². The van der Waals surface area contributed by atoms with Crippen LogP contribution in [0, 0.1) is 0 Å². The number of urea groups is 1. The number of carbonyl (C=O) groups is 3. The molecule has 1 saturated heterocycles. The SMILES string of the molecule is C[C@@H](CCc1ccccc1)NC(=O)CN1C(=O)N[C@H](CCc2ccccc2)C1=O. The molecule has 2 aromatic carbocycles. The van der Waals surface area contributed by atoms with Gasteiger partial charge in [-0.15, -0.1) is 0 Å². The number of rotatable bonds is 9. The van der Waals surface area contributed by atoms with Gasteiger partial charge >= 0.3 is 6.03 Å². The Morgan fingerprint density at radius 1 is 1.00 bits per heavy atom. The molecule has 0 unspecified atom stereocenters. The minimum absolute atomic E-state index is 0.0441. The maximum atomic E-state index is 12.5. The summed E-state index contributed by atoms with van der Waals surface area (Å²) in [5, 5.41) is 5.56. The summed E-state index contributed by atoms with van der Waals surface area (Å²) in [5.41, 5.74) is 2.32. The Hall–Kier alpha value is -3.15. The first-order chi connectivity index (χ1) is 14.0. The third-order valence-corrected chi connectivity index (χ3v) is 5.09. The number of hydrogen-bond acceptors (Lipinski definition) is 3. The fourth-order valence-corrected chi connectivity index (χ4v) is 3.44. The Morgan fingerprint density at radius 2 is 1.59 bits per heavy atom.